The molecular weight excluding hydrogens is 278 g/mol. The quantitative estimate of drug-likeness (QED) is 0.599. The van der Waals surface area contributed by atoms with E-state index in [2.05, 4.69) is 5.32 Å². The molecule has 1 amide bonds. The molecule has 116 valence electrons. The minimum atomic E-state index is -0.132. The molecule has 0 aliphatic rings. The topological polar surface area (TPSA) is 51.5 Å². The third kappa shape index (κ3) is 5.58. The molecule has 0 fully saturated rings. The van der Waals surface area contributed by atoms with E-state index < -0.39 is 0 Å². The fourth-order valence-electron chi connectivity index (χ4n) is 1.97. The van der Waals surface area contributed by atoms with Gasteiger partial charge in [0.1, 0.15) is 5.76 Å². The van der Waals surface area contributed by atoms with E-state index in [-0.39, 0.29) is 12.0 Å². The standard InChI is InChI=1S/C18H21NO3/c1-15(16-7-3-2-4-8-16)21-14-6-12-19-18(20)11-10-17-9-5-13-22-17/h2-5,7-11,13,15H,6,12,14H2,1H3,(H,19,20)/b11-10+. The zero-order valence-electron chi connectivity index (χ0n) is 12.7. The van der Waals surface area contributed by atoms with E-state index in [1.165, 1.54) is 6.08 Å². The van der Waals surface area contributed by atoms with Gasteiger partial charge in [-0.3, -0.25) is 4.79 Å². The first-order valence-electron chi connectivity index (χ1n) is 7.41. The number of benzene rings is 1. The highest BCUT2D eigenvalue weighted by Crippen LogP contribution is 2.15. The van der Waals surface area contributed by atoms with Crippen LogP contribution in [0.4, 0.5) is 0 Å². The van der Waals surface area contributed by atoms with E-state index in [1.807, 2.05) is 37.3 Å². The van der Waals surface area contributed by atoms with Crippen molar-refractivity contribution >= 4 is 12.0 Å². The van der Waals surface area contributed by atoms with Gasteiger partial charge in [0.05, 0.1) is 12.4 Å². The fraction of sp³-hybridized carbons (Fsp3) is 0.278. The molecular formula is C18H21NO3. The van der Waals surface area contributed by atoms with Crippen molar-refractivity contribution in [3.05, 3.63) is 66.1 Å². The molecule has 1 atom stereocenters. The third-order valence-electron chi connectivity index (χ3n) is 3.20. The molecule has 1 aromatic heterocycles. The van der Waals surface area contributed by atoms with Crippen molar-refractivity contribution < 1.29 is 13.9 Å². The van der Waals surface area contributed by atoms with Crippen LogP contribution in [0.1, 0.15) is 30.8 Å². The van der Waals surface area contributed by atoms with Crippen LogP contribution < -0.4 is 5.32 Å². The predicted octanol–water partition coefficient (Wildman–Crippen LogP) is 3.58. The van der Waals surface area contributed by atoms with E-state index in [0.717, 1.165) is 12.0 Å². The van der Waals surface area contributed by atoms with Crippen molar-refractivity contribution in [3.8, 4) is 0 Å². The molecule has 0 radical (unpaired) electrons. The summed E-state index contributed by atoms with van der Waals surface area (Å²) < 4.78 is 10.9. The number of nitrogens with one attached hydrogen (secondary N) is 1. The number of furan rings is 1. The van der Waals surface area contributed by atoms with Gasteiger partial charge in [0.2, 0.25) is 5.91 Å². The summed E-state index contributed by atoms with van der Waals surface area (Å²) in [6, 6.07) is 13.7. The van der Waals surface area contributed by atoms with Crippen molar-refractivity contribution in [1.29, 1.82) is 0 Å². The highest BCUT2D eigenvalue weighted by atomic mass is 16.5. The molecule has 0 aliphatic heterocycles. The summed E-state index contributed by atoms with van der Waals surface area (Å²) in [4.78, 5) is 11.6. The van der Waals surface area contributed by atoms with Gasteiger partial charge in [0.25, 0.3) is 0 Å². The molecule has 1 N–H and O–H groups in total. The lowest BCUT2D eigenvalue weighted by Crippen LogP contribution is -2.23. The van der Waals surface area contributed by atoms with E-state index >= 15 is 0 Å². The Morgan fingerprint density at radius 1 is 1.27 bits per heavy atom. The second-order valence-electron chi connectivity index (χ2n) is 4.92. The SMILES string of the molecule is CC(OCCCNC(=O)/C=C/c1ccco1)c1ccccc1. The second kappa shape index (κ2) is 8.85. The first-order valence-corrected chi connectivity index (χ1v) is 7.41. The number of carbonyl (C=O) groups excluding carboxylic acids is 1. The summed E-state index contributed by atoms with van der Waals surface area (Å²) in [5, 5.41) is 2.81. The van der Waals surface area contributed by atoms with Gasteiger partial charge < -0.3 is 14.5 Å². The summed E-state index contributed by atoms with van der Waals surface area (Å²) in [6.07, 6.45) is 5.52. The van der Waals surface area contributed by atoms with Crippen LogP contribution in [0.3, 0.4) is 0 Å². The predicted molar refractivity (Wildman–Crippen MR) is 86.2 cm³/mol. The van der Waals surface area contributed by atoms with Crippen molar-refractivity contribution in [3.63, 3.8) is 0 Å². The van der Waals surface area contributed by atoms with Crippen molar-refractivity contribution in [2.45, 2.75) is 19.4 Å². The van der Waals surface area contributed by atoms with Gasteiger partial charge in [0.15, 0.2) is 0 Å². The first-order chi connectivity index (χ1) is 10.8. The van der Waals surface area contributed by atoms with E-state index in [0.29, 0.717) is 18.9 Å². The molecule has 0 saturated carbocycles. The maximum Gasteiger partial charge on any atom is 0.244 e. The average molecular weight is 299 g/mol. The lowest BCUT2D eigenvalue weighted by molar-refractivity contribution is -0.116. The monoisotopic (exact) mass is 299 g/mol. The first kappa shape index (κ1) is 16.0. The normalized spacial score (nSPS) is 12.4. The Morgan fingerprint density at radius 2 is 2.09 bits per heavy atom. The molecule has 0 saturated heterocycles. The zero-order chi connectivity index (χ0) is 15.6. The van der Waals surface area contributed by atoms with Crippen LogP contribution in [0.15, 0.2) is 59.2 Å². The van der Waals surface area contributed by atoms with Crippen LogP contribution in [0.2, 0.25) is 0 Å². The maximum absolute atomic E-state index is 11.6. The molecule has 0 spiro atoms. The summed E-state index contributed by atoms with van der Waals surface area (Å²) in [5.74, 6) is 0.530. The van der Waals surface area contributed by atoms with Gasteiger partial charge >= 0.3 is 0 Å². The zero-order valence-corrected chi connectivity index (χ0v) is 12.7. The van der Waals surface area contributed by atoms with Gasteiger partial charge in [-0.05, 0) is 37.1 Å². The van der Waals surface area contributed by atoms with Gasteiger partial charge in [0, 0.05) is 19.2 Å². The molecule has 1 heterocycles. The molecule has 22 heavy (non-hydrogen) atoms. The highest BCUT2D eigenvalue weighted by Gasteiger charge is 2.04. The van der Waals surface area contributed by atoms with Crippen LogP contribution in [-0.4, -0.2) is 19.1 Å². The maximum atomic E-state index is 11.6. The van der Waals surface area contributed by atoms with Crippen molar-refractivity contribution in [1.82, 2.24) is 5.32 Å². The van der Waals surface area contributed by atoms with Gasteiger partial charge in [-0.15, -0.1) is 0 Å². The van der Waals surface area contributed by atoms with Crippen LogP contribution in [0.25, 0.3) is 6.08 Å². The van der Waals surface area contributed by atoms with E-state index in [9.17, 15) is 4.79 Å². The summed E-state index contributed by atoms with van der Waals surface area (Å²) in [7, 11) is 0. The van der Waals surface area contributed by atoms with Crippen LogP contribution in [-0.2, 0) is 9.53 Å². The Bertz CT molecular complexity index is 576. The number of rotatable bonds is 8. The molecule has 0 bridgehead atoms. The van der Waals surface area contributed by atoms with Crippen molar-refractivity contribution in [2.75, 3.05) is 13.2 Å². The largest absolute Gasteiger partial charge is 0.465 e. The van der Waals surface area contributed by atoms with Gasteiger partial charge in [-0.1, -0.05) is 30.3 Å². The summed E-state index contributed by atoms with van der Waals surface area (Å²) in [5.41, 5.74) is 1.16. The van der Waals surface area contributed by atoms with E-state index in [4.69, 9.17) is 9.15 Å². The molecule has 4 heteroatoms. The molecule has 1 aromatic carbocycles. The van der Waals surface area contributed by atoms with Gasteiger partial charge in [-0.25, -0.2) is 0 Å². The molecule has 4 nitrogen and oxygen atoms in total. The minimum Gasteiger partial charge on any atom is -0.465 e. The van der Waals surface area contributed by atoms with Gasteiger partial charge in [-0.2, -0.15) is 0 Å². The number of amides is 1. The van der Waals surface area contributed by atoms with Crippen LogP contribution in [0.5, 0.6) is 0 Å². The van der Waals surface area contributed by atoms with E-state index in [1.54, 1.807) is 24.5 Å². The Balaban J connectivity index is 1.58. The Morgan fingerprint density at radius 3 is 2.82 bits per heavy atom. The molecule has 0 aliphatic carbocycles. The smallest absolute Gasteiger partial charge is 0.244 e. The fourth-order valence-corrected chi connectivity index (χ4v) is 1.97. The third-order valence-corrected chi connectivity index (χ3v) is 3.20. The molecule has 2 aromatic rings. The molecule has 2 rings (SSSR count). The number of hydrogen-bond acceptors (Lipinski definition) is 3. The number of hydrogen-bond donors (Lipinski definition) is 1. The minimum absolute atomic E-state index is 0.0655. The number of carbonyl (C=O) groups is 1. The Kier molecular flexibility index (Phi) is 6.45. The summed E-state index contributed by atoms with van der Waals surface area (Å²) in [6.45, 7) is 3.22. The molecule has 1 unspecified atom stereocenters. The lowest BCUT2D eigenvalue weighted by atomic mass is 10.1. The van der Waals surface area contributed by atoms with Crippen LogP contribution in [0, 0.1) is 0 Å². The summed E-state index contributed by atoms with van der Waals surface area (Å²) >= 11 is 0. The second-order valence-corrected chi connectivity index (χ2v) is 4.92. The highest BCUT2D eigenvalue weighted by molar-refractivity contribution is 5.91. The average Bonchev–Trinajstić information content (AvgIpc) is 3.06. The van der Waals surface area contributed by atoms with Crippen molar-refractivity contribution in [2.24, 2.45) is 0 Å². The Hall–Kier alpha value is -2.33. The van der Waals surface area contributed by atoms with Crippen LogP contribution >= 0.6 is 0 Å². The number of ether oxygens (including phenoxy) is 1. The lowest BCUT2D eigenvalue weighted by Gasteiger charge is -2.13. The Labute approximate surface area is 130 Å².